The van der Waals surface area contributed by atoms with Gasteiger partial charge in [0.25, 0.3) is 0 Å². The van der Waals surface area contributed by atoms with Crippen molar-refractivity contribution < 1.29 is 0 Å². The lowest BCUT2D eigenvalue weighted by molar-refractivity contribution is 1.07. The number of nitrogens with zero attached hydrogens (tertiary/aromatic N) is 4. The maximum absolute atomic E-state index is 5.29. The summed E-state index contributed by atoms with van der Waals surface area (Å²) in [5.41, 5.74) is 13.9. The van der Waals surface area contributed by atoms with Crippen molar-refractivity contribution in [2.75, 3.05) is 0 Å². The van der Waals surface area contributed by atoms with Crippen LogP contribution in [0.15, 0.2) is 218 Å². The summed E-state index contributed by atoms with van der Waals surface area (Å²) in [5, 5.41) is 2.35. The van der Waals surface area contributed by atoms with Gasteiger partial charge in [-0.25, -0.2) is 19.9 Å². The fourth-order valence-electron chi connectivity index (χ4n) is 8.13. The second-order valence-corrected chi connectivity index (χ2v) is 16.0. The van der Waals surface area contributed by atoms with Gasteiger partial charge in [0.15, 0.2) is 17.5 Å². The highest BCUT2D eigenvalue weighted by Crippen LogP contribution is 2.50. The summed E-state index contributed by atoms with van der Waals surface area (Å²) < 4.78 is 1.16. The third kappa shape index (κ3) is 6.97. The maximum atomic E-state index is 5.29. The molecule has 61 heavy (non-hydrogen) atoms. The van der Waals surface area contributed by atoms with Gasteiger partial charge in [-0.05, 0) is 45.5 Å². The molecular weight excluding hydrogens is 761 g/mol. The first-order valence-electron chi connectivity index (χ1n) is 20.4. The first-order chi connectivity index (χ1) is 30.2. The molecule has 0 saturated heterocycles. The molecule has 3 aromatic heterocycles. The van der Waals surface area contributed by atoms with Gasteiger partial charge in [-0.3, -0.25) is 0 Å². The predicted octanol–water partition coefficient (Wildman–Crippen LogP) is 15.0. The SMILES string of the molecule is c1ccc(-c2ccc(-c3nc(-c4ccc(-c5ccccc5)cc4)nc(-c4cccc(-c5sc6c(-c7ccccc7)nc7ccccc7c6c5-c5ccccc5)c4)n3)cc2)cc1. The fraction of sp³-hybridized carbons (Fsp3) is 0. The summed E-state index contributed by atoms with van der Waals surface area (Å²) in [5.74, 6) is 1.85. The van der Waals surface area contributed by atoms with Gasteiger partial charge in [0.05, 0.1) is 15.9 Å². The molecule has 0 saturated carbocycles. The van der Waals surface area contributed by atoms with E-state index >= 15 is 0 Å². The van der Waals surface area contributed by atoms with Crippen LogP contribution in [-0.4, -0.2) is 19.9 Å². The van der Waals surface area contributed by atoms with E-state index in [1.807, 2.05) is 12.1 Å². The number of aromatic nitrogens is 4. The van der Waals surface area contributed by atoms with Gasteiger partial charge in [-0.15, -0.1) is 11.3 Å². The lowest BCUT2D eigenvalue weighted by atomic mass is 9.95. The minimum absolute atomic E-state index is 0.612. The van der Waals surface area contributed by atoms with Crippen molar-refractivity contribution in [2.24, 2.45) is 0 Å². The zero-order chi connectivity index (χ0) is 40.5. The van der Waals surface area contributed by atoms with Crippen LogP contribution in [0, 0.1) is 0 Å². The highest BCUT2D eigenvalue weighted by Gasteiger charge is 2.23. The largest absolute Gasteiger partial charge is 0.246 e. The smallest absolute Gasteiger partial charge is 0.164 e. The molecule has 4 nitrogen and oxygen atoms in total. The zero-order valence-corrected chi connectivity index (χ0v) is 33.8. The van der Waals surface area contributed by atoms with Crippen molar-refractivity contribution in [3.8, 4) is 89.2 Å². The molecule has 0 radical (unpaired) electrons. The van der Waals surface area contributed by atoms with Crippen molar-refractivity contribution in [3.63, 3.8) is 0 Å². The summed E-state index contributed by atoms with van der Waals surface area (Å²) in [6.07, 6.45) is 0. The highest BCUT2D eigenvalue weighted by molar-refractivity contribution is 7.23. The van der Waals surface area contributed by atoms with Gasteiger partial charge < -0.3 is 0 Å². The molecule has 0 bridgehead atoms. The predicted molar refractivity (Wildman–Crippen MR) is 254 cm³/mol. The molecule has 11 rings (SSSR count). The van der Waals surface area contributed by atoms with Crippen LogP contribution >= 0.6 is 11.3 Å². The summed E-state index contributed by atoms with van der Waals surface area (Å²) in [4.78, 5) is 21.9. The van der Waals surface area contributed by atoms with Gasteiger partial charge in [0, 0.05) is 43.5 Å². The Morgan fingerprint density at radius 2 is 0.705 bits per heavy atom. The second kappa shape index (κ2) is 15.7. The third-order valence-electron chi connectivity index (χ3n) is 11.2. The first-order valence-corrected chi connectivity index (χ1v) is 21.2. The number of hydrogen-bond acceptors (Lipinski definition) is 5. The number of hydrogen-bond donors (Lipinski definition) is 0. The van der Waals surface area contributed by atoms with Gasteiger partial charge in [-0.1, -0.05) is 206 Å². The molecule has 11 aromatic rings. The molecule has 3 heterocycles. The zero-order valence-electron chi connectivity index (χ0n) is 33.0. The van der Waals surface area contributed by atoms with Crippen molar-refractivity contribution in [2.45, 2.75) is 0 Å². The average Bonchev–Trinajstić information content (AvgIpc) is 3.76. The van der Waals surface area contributed by atoms with Crippen LogP contribution in [0.3, 0.4) is 0 Å². The Hall–Kier alpha value is -7.86. The average molecular weight is 797 g/mol. The molecule has 0 aliphatic heterocycles. The van der Waals surface area contributed by atoms with Crippen LogP contribution in [0.4, 0.5) is 0 Å². The summed E-state index contributed by atoms with van der Waals surface area (Å²) >= 11 is 1.80. The Balaban J connectivity index is 1.09. The van der Waals surface area contributed by atoms with Crippen molar-refractivity contribution in [3.05, 3.63) is 218 Å². The Morgan fingerprint density at radius 1 is 0.295 bits per heavy atom. The molecule has 0 aliphatic rings. The molecule has 0 spiro atoms. The summed E-state index contributed by atoms with van der Waals surface area (Å²) in [6, 6.07) is 76.2. The fourth-order valence-corrected chi connectivity index (χ4v) is 9.48. The number of benzene rings is 8. The molecular formula is C56H36N4S. The third-order valence-corrected chi connectivity index (χ3v) is 12.4. The van der Waals surface area contributed by atoms with Crippen LogP contribution in [-0.2, 0) is 0 Å². The summed E-state index contributed by atoms with van der Waals surface area (Å²) in [7, 11) is 0. The minimum atomic E-state index is 0.612. The Morgan fingerprint density at radius 3 is 1.26 bits per heavy atom. The maximum Gasteiger partial charge on any atom is 0.164 e. The Kier molecular flexibility index (Phi) is 9.34. The molecule has 0 aliphatic carbocycles. The van der Waals surface area contributed by atoms with Gasteiger partial charge in [-0.2, -0.15) is 0 Å². The van der Waals surface area contributed by atoms with Crippen LogP contribution < -0.4 is 0 Å². The number of thiophene rings is 1. The number of para-hydroxylation sites is 1. The van der Waals surface area contributed by atoms with E-state index in [1.165, 1.54) is 15.8 Å². The van der Waals surface area contributed by atoms with Gasteiger partial charge in [0.1, 0.15) is 0 Å². The van der Waals surface area contributed by atoms with E-state index in [0.717, 1.165) is 76.9 Å². The highest BCUT2D eigenvalue weighted by atomic mass is 32.1. The molecule has 5 heteroatoms. The summed E-state index contributed by atoms with van der Waals surface area (Å²) in [6.45, 7) is 0. The molecule has 0 fully saturated rings. The van der Waals surface area contributed by atoms with Crippen molar-refractivity contribution >= 4 is 32.3 Å². The lowest BCUT2D eigenvalue weighted by Gasteiger charge is -2.11. The monoisotopic (exact) mass is 796 g/mol. The van der Waals surface area contributed by atoms with Crippen molar-refractivity contribution in [1.29, 1.82) is 0 Å². The van der Waals surface area contributed by atoms with Crippen molar-refractivity contribution in [1.82, 2.24) is 19.9 Å². The first kappa shape index (κ1) is 36.2. The Bertz CT molecular complexity index is 3210. The molecule has 0 atom stereocenters. The van der Waals surface area contributed by atoms with Crippen LogP contribution in [0.25, 0.3) is 110 Å². The second-order valence-electron chi connectivity index (χ2n) is 15.0. The van der Waals surface area contributed by atoms with Gasteiger partial charge >= 0.3 is 0 Å². The quantitative estimate of drug-likeness (QED) is 0.154. The topological polar surface area (TPSA) is 51.6 Å². The van der Waals surface area contributed by atoms with Crippen LogP contribution in [0.2, 0.25) is 0 Å². The van der Waals surface area contributed by atoms with E-state index in [4.69, 9.17) is 19.9 Å². The number of pyridine rings is 1. The molecule has 8 aromatic carbocycles. The number of rotatable bonds is 8. The molecule has 0 N–H and O–H groups in total. The van der Waals surface area contributed by atoms with E-state index in [0.29, 0.717) is 17.5 Å². The van der Waals surface area contributed by atoms with Crippen LogP contribution in [0.1, 0.15) is 0 Å². The molecule has 0 amide bonds. The van der Waals surface area contributed by atoms with Gasteiger partial charge in [0.2, 0.25) is 0 Å². The normalized spacial score (nSPS) is 11.3. The van der Waals surface area contributed by atoms with E-state index in [9.17, 15) is 0 Å². The lowest BCUT2D eigenvalue weighted by Crippen LogP contribution is -2.00. The van der Waals surface area contributed by atoms with E-state index in [1.54, 1.807) is 11.3 Å². The minimum Gasteiger partial charge on any atom is -0.246 e. The van der Waals surface area contributed by atoms with E-state index in [2.05, 4.69) is 206 Å². The Labute approximate surface area is 358 Å². The van der Waals surface area contributed by atoms with E-state index < -0.39 is 0 Å². The van der Waals surface area contributed by atoms with E-state index in [-0.39, 0.29) is 0 Å². The molecule has 0 unspecified atom stereocenters. The van der Waals surface area contributed by atoms with Crippen LogP contribution in [0.5, 0.6) is 0 Å². The standard InChI is InChI=1S/C56H36N4S/c1-5-16-37(17-6-1)39-28-32-43(33-29-39)54-58-55(44-34-30-40(31-35-44)38-18-7-2-8-19-38)60-56(59-54)46-25-15-24-45(36-46)52-49(41-20-9-3-10-21-41)50-47-26-13-14-27-48(47)57-51(53(50)61-52)42-22-11-4-12-23-42/h1-36H. The molecule has 286 valence electrons. The number of fused-ring (bicyclic) bond motifs is 3.